The van der Waals surface area contributed by atoms with E-state index in [2.05, 4.69) is 15.5 Å². The Hall–Kier alpha value is -2.60. The van der Waals surface area contributed by atoms with Crippen LogP contribution in [0.5, 0.6) is 5.75 Å². The summed E-state index contributed by atoms with van der Waals surface area (Å²) < 4.78 is 0. The average Bonchev–Trinajstić information content (AvgIpc) is 3.18. The lowest BCUT2D eigenvalue weighted by Crippen LogP contribution is -2.21. The van der Waals surface area contributed by atoms with Crippen molar-refractivity contribution in [3.63, 3.8) is 0 Å². The van der Waals surface area contributed by atoms with Crippen molar-refractivity contribution in [3.05, 3.63) is 58.6 Å². The highest BCUT2D eigenvalue weighted by molar-refractivity contribution is 7.13. The molecule has 104 valence electrons. The molecule has 3 heterocycles. The number of nitrogens with one attached hydrogen (secondary N) is 2. The van der Waals surface area contributed by atoms with Gasteiger partial charge in [0.05, 0.1) is 16.6 Å². The number of phenols is 1. The second-order valence-electron chi connectivity index (χ2n) is 4.84. The number of amides is 1. The van der Waals surface area contributed by atoms with Gasteiger partial charge < -0.3 is 10.4 Å². The van der Waals surface area contributed by atoms with E-state index >= 15 is 0 Å². The van der Waals surface area contributed by atoms with Crippen LogP contribution < -0.4 is 5.32 Å². The highest BCUT2D eigenvalue weighted by Gasteiger charge is 2.35. The van der Waals surface area contributed by atoms with Crippen LogP contribution in [0.4, 0.5) is 0 Å². The molecule has 3 N–H and O–H groups in total. The third-order valence-corrected chi connectivity index (χ3v) is 4.46. The van der Waals surface area contributed by atoms with Gasteiger partial charge in [-0.15, -0.1) is 11.3 Å². The molecule has 2 aromatic heterocycles. The summed E-state index contributed by atoms with van der Waals surface area (Å²) in [5, 5.41) is 21.5. The number of fused-ring (bicyclic) bond motifs is 1. The first-order chi connectivity index (χ1) is 10.2. The molecular weight excluding hydrogens is 286 g/mol. The molecule has 0 fully saturated rings. The Morgan fingerprint density at radius 1 is 1.19 bits per heavy atom. The number of thiophene rings is 1. The van der Waals surface area contributed by atoms with Crippen LogP contribution in [-0.2, 0) is 0 Å². The molecule has 0 radical (unpaired) electrons. The average molecular weight is 297 g/mol. The fourth-order valence-corrected chi connectivity index (χ4v) is 3.34. The van der Waals surface area contributed by atoms with Crippen molar-refractivity contribution < 1.29 is 9.90 Å². The van der Waals surface area contributed by atoms with E-state index < -0.39 is 0 Å². The second kappa shape index (κ2) is 4.46. The van der Waals surface area contributed by atoms with E-state index in [1.807, 2.05) is 17.5 Å². The Kier molecular flexibility index (Phi) is 2.58. The summed E-state index contributed by atoms with van der Waals surface area (Å²) >= 11 is 1.60. The maximum Gasteiger partial charge on any atom is 0.272 e. The molecule has 6 heteroatoms. The quantitative estimate of drug-likeness (QED) is 0.680. The molecule has 1 aliphatic rings. The van der Waals surface area contributed by atoms with Crippen molar-refractivity contribution in [3.8, 4) is 16.3 Å². The molecule has 0 saturated carbocycles. The minimum Gasteiger partial charge on any atom is -0.508 e. The molecule has 0 unspecified atom stereocenters. The highest BCUT2D eigenvalue weighted by Crippen LogP contribution is 2.38. The number of hydrogen-bond donors (Lipinski definition) is 3. The van der Waals surface area contributed by atoms with Gasteiger partial charge in [-0.2, -0.15) is 5.10 Å². The van der Waals surface area contributed by atoms with Crippen LogP contribution in [0.2, 0.25) is 0 Å². The zero-order valence-electron chi connectivity index (χ0n) is 10.8. The summed E-state index contributed by atoms with van der Waals surface area (Å²) in [6.07, 6.45) is 0. The number of phenolic OH excluding ortho intramolecular Hbond substituents is 1. The third-order valence-electron chi connectivity index (χ3n) is 3.58. The number of nitrogens with zero attached hydrogens (tertiary/aromatic N) is 1. The van der Waals surface area contributed by atoms with Gasteiger partial charge in [-0.05, 0) is 29.1 Å². The van der Waals surface area contributed by atoms with Gasteiger partial charge in [0.2, 0.25) is 0 Å². The zero-order valence-corrected chi connectivity index (χ0v) is 11.6. The van der Waals surface area contributed by atoms with Crippen molar-refractivity contribution >= 4 is 17.2 Å². The standard InChI is InChI=1S/C15H11N3O2S/c19-9-5-3-8(4-6-9)12-11-13(10-2-1-7-21-10)17-18-14(11)15(20)16-12/h1-7,12,19H,(H,16,20)(H,17,18)/t12-/m1/s1. The number of aromatic nitrogens is 2. The summed E-state index contributed by atoms with van der Waals surface area (Å²) in [6.45, 7) is 0. The first-order valence-electron chi connectivity index (χ1n) is 6.46. The summed E-state index contributed by atoms with van der Waals surface area (Å²) in [5.74, 6) is 0.0242. The van der Waals surface area contributed by atoms with E-state index in [0.29, 0.717) is 5.69 Å². The van der Waals surface area contributed by atoms with Gasteiger partial charge in [0.25, 0.3) is 5.91 Å². The van der Waals surface area contributed by atoms with Crippen LogP contribution in [0.1, 0.15) is 27.7 Å². The Balaban J connectivity index is 1.86. The second-order valence-corrected chi connectivity index (χ2v) is 5.78. The highest BCUT2D eigenvalue weighted by atomic mass is 32.1. The van der Waals surface area contributed by atoms with Crippen molar-refractivity contribution in [1.82, 2.24) is 15.5 Å². The molecule has 1 atom stereocenters. The van der Waals surface area contributed by atoms with E-state index in [1.165, 1.54) is 0 Å². The minimum absolute atomic E-state index is 0.179. The van der Waals surface area contributed by atoms with Gasteiger partial charge in [-0.1, -0.05) is 18.2 Å². The molecular formula is C15H11N3O2S. The lowest BCUT2D eigenvalue weighted by Gasteiger charge is -2.13. The molecule has 21 heavy (non-hydrogen) atoms. The lowest BCUT2D eigenvalue weighted by atomic mass is 9.99. The molecule has 0 aliphatic carbocycles. The van der Waals surface area contributed by atoms with Crippen LogP contribution in [0.25, 0.3) is 10.6 Å². The van der Waals surface area contributed by atoms with Gasteiger partial charge in [0.15, 0.2) is 5.69 Å². The molecule has 1 aromatic carbocycles. The number of aromatic hydroxyl groups is 1. The van der Waals surface area contributed by atoms with Gasteiger partial charge in [0.1, 0.15) is 5.75 Å². The van der Waals surface area contributed by atoms with Crippen molar-refractivity contribution in [2.75, 3.05) is 0 Å². The van der Waals surface area contributed by atoms with E-state index in [1.54, 1.807) is 35.6 Å². The van der Waals surface area contributed by atoms with Crippen molar-refractivity contribution in [2.45, 2.75) is 6.04 Å². The number of aromatic amines is 1. The Bertz CT molecular complexity index is 806. The molecule has 0 spiro atoms. The first kappa shape index (κ1) is 12.2. The molecule has 1 amide bonds. The van der Waals surface area contributed by atoms with E-state index in [0.717, 1.165) is 21.7 Å². The van der Waals surface area contributed by atoms with Crippen LogP contribution in [-0.4, -0.2) is 21.2 Å². The monoisotopic (exact) mass is 297 g/mol. The predicted molar refractivity (Wildman–Crippen MR) is 79.3 cm³/mol. The summed E-state index contributed by atoms with van der Waals surface area (Å²) in [6, 6.07) is 10.6. The molecule has 0 saturated heterocycles. The van der Waals surface area contributed by atoms with Crippen molar-refractivity contribution in [1.29, 1.82) is 0 Å². The number of rotatable bonds is 2. The molecule has 3 aromatic rings. The smallest absolute Gasteiger partial charge is 0.272 e. The topological polar surface area (TPSA) is 78.0 Å². The SMILES string of the molecule is O=C1N[C@H](c2ccc(O)cc2)c2c1n[nH]c2-c1cccs1. The molecule has 1 aliphatic heterocycles. The number of benzene rings is 1. The van der Waals surface area contributed by atoms with E-state index in [9.17, 15) is 9.90 Å². The first-order valence-corrected chi connectivity index (χ1v) is 7.34. The number of carbonyl (C=O) groups is 1. The molecule has 5 nitrogen and oxygen atoms in total. The van der Waals surface area contributed by atoms with Crippen LogP contribution in [0.15, 0.2) is 41.8 Å². The number of hydrogen-bond acceptors (Lipinski definition) is 4. The Morgan fingerprint density at radius 3 is 2.71 bits per heavy atom. The lowest BCUT2D eigenvalue weighted by molar-refractivity contribution is 0.0955. The molecule has 4 rings (SSSR count). The van der Waals surface area contributed by atoms with Gasteiger partial charge in [0, 0.05) is 5.56 Å². The molecule has 0 bridgehead atoms. The normalized spacial score (nSPS) is 16.8. The fraction of sp³-hybridized carbons (Fsp3) is 0.0667. The minimum atomic E-state index is -0.246. The maximum atomic E-state index is 12.1. The van der Waals surface area contributed by atoms with E-state index in [4.69, 9.17) is 0 Å². The van der Waals surface area contributed by atoms with Gasteiger partial charge in [-0.3, -0.25) is 9.89 Å². The number of carbonyl (C=O) groups excluding carboxylic acids is 1. The summed E-state index contributed by atoms with van der Waals surface area (Å²) in [7, 11) is 0. The largest absolute Gasteiger partial charge is 0.508 e. The fourth-order valence-electron chi connectivity index (χ4n) is 2.60. The predicted octanol–water partition coefficient (Wildman–Crippen LogP) is 2.68. The Morgan fingerprint density at radius 2 is 2.00 bits per heavy atom. The number of H-pyrrole nitrogens is 1. The van der Waals surface area contributed by atoms with Gasteiger partial charge in [-0.25, -0.2) is 0 Å². The van der Waals surface area contributed by atoms with E-state index in [-0.39, 0.29) is 17.7 Å². The third kappa shape index (κ3) is 1.84. The van der Waals surface area contributed by atoms with Crippen LogP contribution in [0.3, 0.4) is 0 Å². The summed E-state index contributed by atoms with van der Waals surface area (Å²) in [5.41, 5.74) is 3.10. The maximum absolute atomic E-state index is 12.1. The zero-order chi connectivity index (χ0) is 14.4. The van der Waals surface area contributed by atoms with Crippen LogP contribution >= 0.6 is 11.3 Å². The van der Waals surface area contributed by atoms with Crippen LogP contribution in [0, 0.1) is 0 Å². The Labute approximate surface area is 124 Å². The van der Waals surface area contributed by atoms with Gasteiger partial charge >= 0.3 is 0 Å². The summed E-state index contributed by atoms with van der Waals surface area (Å²) in [4.78, 5) is 13.1. The van der Waals surface area contributed by atoms with Crippen molar-refractivity contribution in [2.24, 2.45) is 0 Å².